The Balaban J connectivity index is 1.46. The van der Waals surface area contributed by atoms with Gasteiger partial charge in [0.25, 0.3) is 5.91 Å². The molecule has 1 aliphatic rings. The molecule has 8 nitrogen and oxygen atoms in total. The molecule has 0 aliphatic carbocycles. The minimum Gasteiger partial charge on any atom is -0.482 e. The van der Waals surface area contributed by atoms with Crippen molar-refractivity contribution in [3.8, 4) is 5.75 Å². The number of carbonyl (C=O) groups excluding carboxylic acids is 2. The summed E-state index contributed by atoms with van der Waals surface area (Å²) in [4.78, 5) is 26.5. The molecular weight excluding hydrogens is 438 g/mol. The summed E-state index contributed by atoms with van der Waals surface area (Å²) in [5.41, 5.74) is 1.33. The van der Waals surface area contributed by atoms with Crippen molar-refractivity contribution in [2.24, 2.45) is 7.05 Å². The first kappa shape index (κ1) is 21.2. The molecule has 4 rings (SSSR count). The van der Waals surface area contributed by atoms with Crippen molar-refractivity contribution >= 4 is 46.6 Å². The van der Waals surface area contributed by atoms with Crippen molar-refractivity contribution < 1.29 is 14.3 Å². The maximum absolute atomic E-state index is 12.6. The van der Waals surface area contributed by atoms with E-state index >= 15 is 0 Å². The maximum atomic E-state index is 12.6. The summed E-state index contributed by atoms with van der Waals surface area (Å²) in [7, 11) is 1.82. The molecule has 1 aliphatic heterocycles. The molecule has 2 aromatic carbocycles. The molecule has 1 aromatic heterocycles. The Kier molecular flexibility index (Phi) is 6.15. The van der Waals surface area contributed by atoms with Gasteiger partial charge in [-0.2, -0.15) is 0 Å². The highest BCUT2D eigenvalue weighted by Gasteiger charge is 2.32. The van der Waals surface area contributed by atoms with Gasteiger partial charge in [0.15, 0.2) is 17.6 Å². The average Bonchev–Trinajstić information content (AvgIpc) is 3.12. The van der Waals surface area contributed by atoms with Crippen LogP contribution in [0.3, 0.4) is 0 Å². The number of ether oxygens (including phenoxy) is 1. The summed E-state index contributed by atoms with van der Waals surface area (Å²) in [6.07, 6.45) is 0. The second-order valence-corrected chi connectivity index (χ2v) is 8.32. The standard InChI is InChI=1S/C21H20ClN5O3S/c1-13(27-16-8-3-4-9-17(16)30-11-19(27)29)20-24-25-21(26(20)2)31-12-18(28)23-15-7-5-6-14(22)10-15/h3-10,13H,11-12H2,1-2H3,(H,23,28)/t13-/m1/s1. The van der Waals surface area contributed by atoms with Gasteiger partial charge in [0.1, 0.15) is 5.75 Å². The number of benzene rings is 2. The summed E-state index contributed by atoms with van der Waals surface area (Å²) in [5.74, 6) is 1.10. The first-order valence-corrected chi connectivity index (χ1v) is 10.9. The zero-order valence-electron chi connectivity index (χ0n) is 16.9. The number of hydrogen-bond donors (Lipinski definition) is 1. The second kappa shape index (κ2) is 8.99. The zero-order valence-corrected chi connectivity index (χ0v) is 18.5. The maximum Gasteiger partial charge on any atom is 0.265 e. The van der Waals surface area contributed by atoms with Gasteiger partial charge in [0.05, 0.1) is 17.5 Å². The Labute approximate surface area is 188 Å². The Morgan fingerprint density at radius 3 is 2.87 bits per heavy atom. The summed E-state index contributed by atoms with van der Waals surface area (Å²) in [5, 5.41) is 12.4. The van der Waals surface area contributed by atoms with Crippen LogP contribution in [-0.4, -0.2) is 38.9 Å². The number of aromatic nitrogens is 3. The molecule has 0 fully saturated rings. The molecule has 0 saturated heterocycles. The topological polar surface area (TPSA) is 89.4 Å². The highest BCUT2D eigenvalue weighted by Crippen LogP contribution is 2.37. The van der Waals surface area contributed by atoms with E-state index in [-0.39, 0.29) is 30.2 Å². The van der Waals surface area contributed by atoms with E-state index in [9.17, 15) is 9.59 Å². The summed E-state index contributed by atoms with van der Waals surface area (Å²) < 4.78 is 7.32. The van der Waals surface area contributed by atoms with Crippen molar-refractivity contribution in [3.63, 3.8) is 0 Å². The van der Waals surface area contributed by atoms with Gasteiger partial charge in [-0.15, -0.1) is 10.2 Å². The molecule has 2 heterocycles. The fourth-order valence-electron chi connectivity index (χ4n) is 3.37. The lowest BCUT2D eigenvalue weighted by atomic mass is 10.1. The summed E-state index contributed by atoms with van der Waals surface area (Å²) >= 11 is 7.21. The third kappa shape index (κ3) is 4.52. The molecular formula is C21H20ClN5O3S. The summed E-state index contributed by atoms with van der Waals surface area (Å²) in [6, 6.07) is 14.0. The quantitative estimate of drug-likeness (QED) is 0.568. The second-order valence-electron chi connectivity index (χ2n) is 6.94. The first-order chi connectivity index (χ1) is 14.9. The third-order valence-electron chi connectivity index (χ3n) is 4.81. The molecule has 0 bridgehead atoms. The molecule has 3 aromatic rings. The predicted octanol–water partition coefficient (Wildman–Crippen LogP) is 3.69. The van der Waals surface area contributed by atoms with Gasteiger partial charge in [-0.3, -0.25) is 14.5 Å². The van der Waals surface area contributed by atoms with Crippen LogP contribution < -0.4 is 15.0 Å². The first-order valence-electron chi connectivity index (χ1n) is 9.55. The largest absolute Gasteiger partial charge is 0.482 e. The molecule has 1 atom stereocenters. The van der Waals surface area contributed by atoms with Crippen LogP contribution in [0.1, 0.15) is 18.8 Å². The number of fused-ring (bicyclic) bond motifs is 1. The van der Waals surface area contributed by atoms with Gasteiger partial charge in [0, 0.05) is 17.8 Å². The average molecular weight is 458 g/mol. The van der Waals surface area contributed by atoms with Crippen LogP contribution in [-0.2, 0) is 16.6 Å². The minimum atomic E-state index is -0.357. The third-order valence-corrected chi connectivity index (χ3v) is 6.07. The Morgan fingerprint density at radius 2 is 2.06 bits per heavy atom. The van der Waals surface area contributed by atoms with Crippen LogP contribution in [0.15, 0.2) is 53.7 Å². The molecule has 0 saturated carbocycles. The monoisotopic (exact) mass is 457 g/mol. The number of rotatable bonds is 6. The highest BCUT2D eigenvalue weighted by atomic mass is 35.5. The number of nitrogens with one attached hydrogen (secondary N) is 1. The molecule has 0 spiro atoms. The van der Waals surface area contributed by atoms with E-state index in [1.807, 2.05) is 38.2 Å². The molecule has 0 radical (unpaired) electrons. The van der Waals surface area contributed by atoms with E-state index in [0.717, 1.165) is 0 Å². The van der Waals surface area contributed by atoms with Crippen molar-refractivity contribution in [1.29, 1.82) is 0 Å². The fraction of sp³-hybridized carbons (Fsp3) is 0.238. The van der Waals surface area contributed by atoms with E-state index in [1.165, 1.54) is 11.8 Å². The number of halogens is 1. The number of nitrogens with zero attached hydrogens (tertiary/aromatic N) is 4. The zero-order chi connectivity index (χ0) is 22.0. The normalized spacial score (nSPS) is 14.0. The number of para-hydroxylation sites is 2. The molecule has 31 heavy (non-hydrogen) atoms. The van der Waals surface area contributed by atoms with Gasteiger partial charge >= 0.3 is 0 Å². The lowest BCUT2D eigenvalue weighted by Crippen LogP contribution is -2.41. The van der Waals surface area contributed by atoms with Gasteiger partial charge < -0.3 is 14.6 Å². The van der Waals surface area contributed by atoms with Crippen molar-refractivity contribution in [2.45, 2.75) is 18.1 Å². The molecule has 10 heteroatoms. The van der Waals surface area contributed by atoms with Crippen LogP contribution >= 0.6 is 23.4 Å². The van der Waals surface area contributed by atoms with Crippen LogP contribution in [0.5, 0.6) is 5.75 Å². The Hall–Kier alpha value is -3.04. The van der Waals surface area contributed by atoms with Gasteiger partial charge in [-0.05, 0) is 37.3 Å². The van der Waals surface area contributed by atoms with E-state index in [0.29, 0.717) is 33.1 Å². The number of hydrogen-bond acceptors (Lipinski definition) is 6. The van der Waals surface area contributed by atoms with Crippen molar-refractivity contribution in [2.75, 3.05) is 22.6 Å². The van der Waals surface area contributed by atoms with Crippen LogP contribution in [0.25, 0.3) is 0 Å². The van der Waals surface area contributed by atoms with Gasteiger partial charge in [0.2, 0.25) is 5.91 Å². The van der Waals surface area contributed by atoms with Crippen molar-refractivity contribution in [3.05, 3.63) is 59.4 Å². The summed E-state index contributed by atoms with van der Waals surface area (Å²) in [6.45, 7) is 1.87. The Bertz CT molecular complexity index is 1140. The van der Waals surface area contributed by atoms with E-state index in [2.05, 4.69) is 15.5 Å². The Morgan fingerprint density at radius 1 is 1.26 bits per heavy atom. The van der Waals surface area contributed by atoms with E-state index in [1.54, 1.807) is 33.7 Å². The number of thioether (sulfide) groups is 1. The van der Waals surface area contributed by atoms with Crippen LogP contribution in [0.4, 0.5) is 11.4 Å². The number of anilines is 2. The molecule has 1 N–H and O–H groups in total. The highest BCUT2D eigenvalue weighted by molar-refractivity contribution is 7.99. The SMILES string of the molecule is C[C@H](c1nnc(SCC(=O)Nc2cccc(Cl)c2)n1C)N1C(=O)COc2ccccc21. The smallest absolute Gasteiger partial charge is 0.265 e. The molecule has 160 valence electrons. The van der Waals surface area contributed by atoms with Crippen LogP contribution in [0.2, 0.25) is 5.02 Å². The lowest BCUT2D eigenvalue weighted by molar-refractivity contribution is -0.121. The minimum absolute atomic E-state index is 0.0233. The molecule has 2 amide bonds. The lowest BCUT2D eigenvalue weighted by Gasteiger charge is -2.33. The molecule has 0 unspecified atom stereocenters. The predicted molar refractivity (Wildman–Crippen MR) is 120 cm³/mol. The van der Waals surface area contributed by atoms with Crippen LogP contribution in [0, 0.1) is 0 Å². The fourth-order valence-corrected chi connectivity index (χ4v) is 4.28. The van der Waals surface area contributed by atoms with E-state index < -0.39 is 0 Å². The number of amides is 2. The van der Waals surface area contributed by atoms with Gasteiger partial charge in [-0.1, -0.05) is 41.6 Å². The number of carbonyl (C=O) groups is 2. The van der Waals surface area contributed by atoms with Gasteiger partial charge in [-0.25, -0.2) is 0 Å². The van der Waals surface area contributed by atoms with Crippen molar-refractivity contribution in [1.82, 2.24) is 14.8 Å². The van der Waals surface area contributed by atoms with E-state index in [4.69, 9.17) is 16.3 Å².